The number of halogens is 1. The Morgan fingerprint density at radius 1 is 1.59 bits per heavy atom. The van der Waals surface area contributed by atoms with Gasteiger partial charge in [0.2, 0.25) is 0 Å². The molecular weight excluding hydrogens is 236 g/mol. The lowest BCUT2D eigenvalue weighted by Crippen LogP contribution is -2.30. The van der Waals surface area contributed by atoms with Gasteiger partial charge < -0.3 is 5.32 Å². The lowest BCUT2D eigenvalue weighted by atomic mass is 10.0. The van der Waals surface area contributed by atoms with E-state index in [4.69, 9.17) is 11.6 Å². The van der Waals surface area contributed by atoms with Crippen LogP contribution in [0.1, 0.15) is 35.8 Å². The number of alkyl halides is 1. The zero-order valence-electron chi connectivity index (χ0n) is 10.4. The van der Waals surface area contributed by atoms with Gasteiger partial charge in [-0.2, -0.15) is 0 Å². The highest BCUT2D eigenvalue weighted by atomic mass is 35.5. The molecule has 1 amide bonds. The van der Waals surface area contributed by atoms with Crippen LogP contribution in [0.25, 0.3) is 0 Å². The molecule has 17 heavy (non-hydrogen) atoms. The van der Waals surface area contributed by atoms with E-state index in [0.29, 0.717) is 23.9 Å². The summed E-state index contributed by atoms with van der Waals surface area (Å²) in [6.07, 6.45) is 3.65. The van der Waals surface area contributed by atoms with Gasteiger partial charge in [0.1, 0.15) is 0 Å². The third-order valence-corrected chi connectivity index (χ3v) is 3.12. The molecule has 0 aliphatic rings. The summed E-state index contributed by atoms with van der Waals surface area (Å²) in [4.78, 5) is 16.0. The van der Waals surface area contributed by atoms with Crippen molar-refractivity contribution in [2.75, 3.05) is 12.4 Å². The minimum absolute atomic E-state index is 0.0522. The zero-order valence-corrected chi connectivity index (χ0v) is 11.1. The SMILES string of the molecule is CCC(CCCl)CNC(=O)c1cccnc1C. The van der Waals surface area contributed by atoms with E-state index in [-0.39, 0.29) is 5.91 Å². The molecule has 0 radical (unpaired) electrons. The molecule has 4 heteroatoms. The summed E-state index contributed by atoms with van der Waals surface area (Å²) in [7, 11) is 0. The Labute approximate surface area is 108 Å². The summed E-state index contributed by atoms with van der Waals surface area (Å²) < 4.78 is 0. The Balaban J connectivity index is 2.52. The van der Waals surface area contributed by atoms with E-state index in [0.717, 1.165) is 18.5 Å². The molecule has 1 N–H and O–H groups in total. The molecule has 1 aromatic heterocycles. The number of carbonyl (C=O) groups excluding carboxylic acids is 1. The van der Waals surface area contributed by atoms with Crippen LogP contribution in [0.4, 0.5) is 0 Å². The molecule has 0 aliphatic carbocycles. The summed E-state index contributed by atoms with van der Waals surface area (Å²) in [5.41, 5.74) is 1.41. The van der Waals surface area contributed by atoms with E-state index in [9.17, 15) is 4.79 Å². The number of nitrogens with zero attached hydrogens (tertiary/aromatic N) is 1. The maximum atomic E-state index is 11.9. The standard InChI is InChI=1S/C13H19ClN2O/c1-3-11(6-7-14)9-16-13(17)12-5-4-8-15-10(12)2/h4-5,8,11H,3,6-7,9H2,1-2H3,(H,16,17). The highest BCUT2D eigenvalue weighted by Gasteiger charge is 2.11. The Kier molecular flexibility index (Phi) is 5.98. The van der Waals surface area contributed by atoms with Crippen molar-refractivity contribution in [1.29, 1.82) is 0 Å². The van der Waals surface area contributed by atoms with Crippen LogP contribution in [0.5, 0.6) is 0 Å². The van der Waals surface area contributed by atoms with Gasteiger partial charge in [0, 0.05) is 24.3 Å². The highest BCUT2D eigenvalue weighted by Crippen LogP contribution is 2.09. The minimum atomic E-state index is -0.0522. The summed E-state index contributed by atoms with van der Waals surface area (Å²) in [6.45, 7) is 4.63. The van der Waals surface area contributed by atoms with Crippen LogP contribution >= 0.6 is 11.6 Å². The van der Waals surface area contributed by atoms with Gasteiger partial charge >= 0.3 is 0 Å². The number of hydrogen-bond donors (Lipinski definition) is 1. The fraction of sp³-hybridized carbons (Fsp3) is 0.538. The highest BCUT2D eigenvalue weighted by molar-refractivity contribution is 6.17. The maximum absolute atomic E-state index is 11.9. The zero-order chi connectivity index (χ0) is 12.7. The van der Waals surface area contributed by atoms with E-state index in [1.165, 1.54) is 0 Å². The van der Waals surface area contributed by atoms with E-state index in [1.54, 1.807) is 18.3 Å². The average molecular weight is 255 g/mol. The van der Waals surface area contributed by atoms with Crippen LogP contribution in [0.15, 0.2) is 18.3 Å². The summed E-state index contributed by atoms with van der Waals surface area (Å²) in [5, 5.41) is 2.94. The van der Waals surface area contributed by atoms with E-state index in [1.807, 2.05) is 6.92 Å². The Morgan fingerprint density at radius 3 is 2.94 bits per heavy atom. The molecule has 0 saturated heterocycles. The van der Waals surface area contributed by atoms with Gasteiger partial charge in [-0.3, -0.25) is 9.78 Å². The number of hydrogen-bond acceptors (Lipinski definition) is 2. The smallest absolute Gasteiger partial charge is 0.253 e. The van der Waals surface area contributed by atoms with Crippen molar-refractivity contribution in [3.63, 3.8) is 0 Å². The number of aromatic nitrogens is 1. The quantitative estimate of drug-likeness (QED) is 0.794. The monoisotopic (exact) mass is 254 g/mol. The van der Waals surface area contributed by atoms with Crippen molar-refractivity contribution in [3.8, 4) is 0 Å². The van der Waals surface area contributed by atoms with Crippen molar-refractivity contribution < 1.29 is 4.79 Å². The first-order chi connectivity index (χ1) is 8.19. The third kappa shape index (κ3) is 4.35. The average Bonchev–Trinajstić information content (AvgIpc) is 2.34. The fourth-order valence-electron chi connectivity index (χ4n) is 1.66. The number of pyridine rings is 1. The molecule has 1 unspecified atom stereocenters. The molecular formula is C13H19ClN2O. The summed E-state index contributed by atoms with van der Waals surface area (Å²) in [6, 6.07) is 3.57. The molecule has 0 aromatic carbocycles. The van der Waals surface area contributed by atoms with Gasteiger partial charge in [-0.15, -0.1) is 11.6 Å². The number of aryl methyl sites for hydroxylation is 1. The minimum Gasteiger partial charge on any atom is -0.352 e. The van der Waals surface area contributed by atoms with Gasteiger partial charge in [-0.25, -0.2) is 0 Å². The van der Waals surface area contributed by atoms with Gasteiger partial charge in [0.05, 0.1) is 5.56 Å². The maximum Gasteiger partial charge on any atom is 0.253 e. The molecule has 1 heterocycles. The van der Waals surface area contributed by atoms with Crippen molar-refractivity contribution >= 4 is 17.5 Å². The first-order valence-electron chi connectivity index (χ1n) is 5.94. The lowest BCUT2D eigenvalue weighted by Gasteiger charge is -2.14. The van der Waals surface area contributed by atoms with Crippen LogP contribution in [-0.2, 0) is 0 Å². The second-order valence-corrected chi connectivity index (χ2v) is 4.48. The predicted molar refractivity (Wildman–Crippen MR) is 70.4 cm³/mol. The largest absolute Gasteiger partial charge is 0.352 e. The van der Waals surface area contributed by atoms with E-state index < -0.39 is 0 Å². The first-order valence-corrected chi connectivity index (χ1v) is 6.48. The Hall–Kier alpha value is -1.09. The van der Waals surface area contributed by atoms with E-state index in [2.05, 4.69) is 17.2 Å². The third-order valence-electron chi connectivity index (χ3n) is 2.90. The number of rotatable bonds is 6. The normalized spacial score (nSPS) is 12.2. The molecule has 1 atom stereocenters. The van der Waals surface area contributed by atoms with Gasteiger partial charge in [0.25, 0.3) is 5.91 Å². The first kappa shape index (κ1) is 14.0. The molecule has 1 rings (SSSR count). The molecule has 0 saturated carbocycles. The topological polar surface area (TPSA) is 42.0 Å². The van der Waals surface area contributed by atoms with Gasteiger partial charge in [0.15, 0.2) is 0 Å². The van der Waals surface area contributed by atoms with Crippen molar-refractivity contribution in [2.45, 2.75) is 26.7 Å². The van der Waals surface area contributed by atoms with Crippen LogP contribution < -0.4 is 5.32 Å². The molecule has 1 aromatic rings. The van der Waals surface area contributed by atoms with Crippen LogP contribution in [0.2, 0.25) is 0 Å². The fourth-order valence-corrected chi connectivity index (χ4v) is 1.97. The number of amides is 1. The summed E-state index contributed by atoms with van der Waals surface area (Å²) in [5.74, 6) is 1.04. The van der Waals surface area contributed by atoms with Crippen molar-refractivity contribution in [2.24, 2.45) is 5.92 Å². The van der Waals surface area contributed by atoms with E-state index >= 15 is 0 Å². The second-order valence-electron chi connectivity index (χ2n) is 4.10. The number of carbonyl (C=O) groups is 1. The molecule has 3 nitrogen and oxygen atoms in total. The van der Waals surface area contributed by atoms with Crippen LogP contribution in [0.3, 0.4) is 0 Å². The molecule has 0 aliphatic heterocycles. The molecule has 0 fully saturated rings. The van der Waals surface area contributed by atoms with Crippen molar-refractivity contribution in [1.82, 2.24) is 10.3 Å². The second kappa shape index (κ2) is 7.28. The van der Waals surface area contributed by atoms with Crippen LogP contribution in [-0.4, -0.2) is 23.3 Å². The van der Waals surface area contributed by atoms with Crippen LogP contribution in [0, 0.1) is 12.8 Å². The van der Waals surface area contributed by atoms with Gasteiger partial charge in [-0.1, -0.05) is 13.3 Å². The van der Waals surface area contributed by atoms with Crippen molar-refractivity contribution in [3.05, 3.63) is 29.6 Å². The molecule has 0 spiro atoms. The lowest BCUT2D eigenvalue weighted by molar-refractivity contribution is 0.0945. The van der Waals surface area contributed by atoms with Gasteiger partial charge in [-0.05, 0) is 31.4 Å². The Morgan fingerprint density at radius 2 is 2.35 bits per heavy atom. The summed E-state index contributed by atoms with van der Waals surface area (Å²) >= 11 is 5.71. The Bertz CT molecular complexity index is 368. The molecule has 94 valence electrons. The number of nitrogens with one attached hydrogen (secondary N) is 1. The molecule has 0 bridgehead atoms. The predicted octanol–water partition coefficient (Wildman–Crippen LogP) is 2.77.